The van der Waals surface area contributed by atoms with Gasteiger partial charge in [-0.05, 0) is 25.1 Å². The van der Waals surface area contributed by atoms with E-state index in [4.69, 9.17) is 28.9 Å². The molecule has 0 amide bonds. The van der Waals surface area contributed by atoms with Gasteiger partial charge < -0.3 is 5.73 Å². The molecular weight excluding hydrogens is 277 g/mol. The summed E-state index contributed by atoms with van der Waals surface area (Å²) in [6, 6.07) is 5.44. The molecule has 0 atom stereocenters. The monoisotopic (exact) mass is 285 g/mol. The summed E-state index contributed by atoms with van der Waals surface area (Å²) in [6.07, 6.45) is 1.70. The Balaban J connectivity index is 2.31. The van der Waals surface area contributed by atoms with Gasteiger partial charge >= 0.3 is 0 Å². The van der Waals surface area contributed by atoms with E-state index in [1.807, 2.05) is 13.0 Å². The normalized spacial score (nSPS) is 10.5. The predicted octanol–water partition coefficient (Wildman–Crippen LogP) is 3.83. The summed E-state index contributed by atoms with van der Waals surface area (Å²) in [7, 11) is 0. The molecule has 1 heterocycles. The molecule has 0 spiro atoms. The first kappa shape index (κ1) is 12.5. The third-order valence-electron chi connectivity index (χ3n) is 2.05. The summed E-state index contributed by atoms with van der Waals surface area (Å²) >= 11 is 13.3. The van der Waals surface area contributed by atoms with Crippen LogP contribution in [0.5, 0.6) is 0 Å². The third kappa shape index (κ3) is 3.03. The lowest BCUT2D eigenvalue weighted by Gasteiger charge is -2.05. The minimum atomic E-state index is 0.262. The molecule has 0 saturated carbocycles. The van der Waals surface area contributed by atoms with Gasteiger partial charge in [-0.25, -0.2) is 9.97 Å². The SMILES string of the molecule is Cc1cnc(N)nc1Sc1ccc(Cl)c(Cl)c1. The number of halogens is 2. The maximum atomic E-state index is 5.95. The van der Waals surface area contributed by atoms with Crippen molar-refractivity contribution in [2.45, 2.75) is 16.8 Å². The number of anilines is 1. The maximum Gasteiger partial charge on any atom is 0.221 e. The lowest BCUT2D eigenvalue weighted by molar-refractivity contribution is 1.02. The molecule has 0 saturated heterocycles. The Labute approximate surface area is 113 Å². The van der Waals surface area contributed by atoms with Crippen LogP contribution in [0.15, 0.2) is 34.3 Å². The fourth-order valence-electron chi connectivity index (χ4n) is 1.19. The molecule has 0 aliphatic rings. The van der Waals surface area contributed by atoms with Crippen molar-refractivity contribution in [3.05, 3.63) is 40.0 Å². The van der Waals surface area contributed by atoms with Crippen molar-refractivity contribution in [3.63, 3.8) is 0 Å². The van der Waals surface area contributed by atoms with E-state index in [9.17, 15) is 0 Å². The van der Waals surface area contributed by atoms with Crippen LogP contribution in [0.2, 0.25) is 10.0 Å². The highest BCUT2D eigenvalue weighted by atomic mass is 35.5. The van der Waals surface area contributed by atoms with E-state index in [2.05, 4.69) is 9.97 Å². The number of aromatic nitrogens is 2. The Hall–Kier alpha value is -0.970. The number of benzene rings is 1. The van der Waals surface area contributed by atoms with Crippen LogP contribution in [-0.2, 0) is 0 Å². The summed E-state index contributed by atoms with van der Waals surface area (Å²) in [5.74, 6) is 0.262. The lowest BCUT2D eigenvalue weighted by atomic mass is 10.4. The number of rotatable bonds is 2. The Kier molecular flexibility index (Phi) is 3.76. The number of nitrogens with two attached hydrogens (primary N) is 1. The minimum absolute atomic E-state index is 0.262. The van der Waals surface area contributed by atoms with Gasteiger partial charge in [0.25, 0.3) is 0 Å². The molecule has 1 aromatic heterocycles. The third-order valence-corrected chi connectivity index (χ3v) is 3.88. The summed E-state index contributed by atoms with van der Waals surface area (Å²) in [5, 5.41) is 1.88. The van der Waals surface area contributed by atoms with Crippen LogP contribution < -0.4 is 5.73 Å². The molecule has 0 fully saturated rings. The van der Waals surface area contributed by atoms with Gasteiger partial charge in [-0.1, -0.05) is 35.0 Å². The van der Waals surface area contributed by atoms with Crippen molar-refractivity contribution in [1.29, 1.82) is 0 Å². The summed E-state index contributed by atoms with van der Waals surface area (Å²) in [5.41, 5.74) is 6.52. The zero-order chi connectivity index (χ0) is 12.4. The Bertz CT molecular complexity index is 560. The van der Waals surface area contributed by atoms with Crippen LogP contribution >= 0.6 is 35.0 Å². The predicted molar refractivity (Wildman–Crippen MR) is 71.8 cm³/mol. The van der Waals surface area contributed by atoms with Crippen molar-refractivity contribution in [3.8, 4) is 0 Å². The van der Waals surface area contributed by atoms with Crippen LogP contribution in [0.1, 0.15) is 5.56 Å². The molecule has 0 radical (unpaired) electrons. The van der Waals surface area contributed by atoms with Crippen LogP contribution in [-0.4, -0.2) is 9.97 Å². The van der Waals surface area contributed by atoms with Gasteiger partial charge in [-0.15, -0.1) is 0 Å². The highest BCUT2D eigenvalue weighted by Gasteiger charge is 2.06. The van der Waals surface area contributed by atoms with Gasteiger partial charge in [-0.2, -0.15) is 0 Å². The van der Waals surface area contributed by atoms with Crippen molar-refractivity contribution in [1.82, 2.24) is 9.97 Å². The van der Waals surface area contributed by atoms with Crippen LogP contribution in [0.25, 0.3) is 0 Å². The minimum Gasteiger partial charge on any atom is -0.368 e. The second-order valence-corrected chi connectivity index (χ2v) is 5.27. The van der Waals surface area contributed by atoms with Gasteiger partial charge in [0.15, 0.2) is 0 Å². The van der Waals surface area contributed by atoms with Crippen molar-refractivity contribution in [2.75, 3.05) is 5.73 Å². The smallest absolute Gasteiger partial charge is 0.221 e. The average Bonchev–Trinajstić information content (AvgIpc) is 2.29. The molecule has 0 aliphatic carbocycles. The average molecular weight is 286 g/mol. The van der Waals surface area contributed by atoms with E-state index in [1.165, 1.54) is 11.8 Å². The molecule has 0 aliphatic heterocycles. The van der Waals surface area contributed by atoms with Crippen molar-refractivity contribution >= 4 is 40.9 Å². The van der Waals surface area contributed by atoms with Crippen molar-refractivity contribution in [2.24, 2.45) is 0 Å². The fraction of sp³-hybridized carbons (Fsp3) is 0.0909. The number of hydrogen-bond donors (Lipinski definition) is 1. The summed E-state index contributed by atoms with van der Waals surface area (Å²) in [6.45, 7) is 1.93. The van der Waals surface area contributed by atoms with Crippen LogP contribution in [0.3, 0.4) is 0 Å². The number of nitrogen functional groups attached to an aromatic ring is 1. The van der Waals surface area contributed by atoms with Crippen LogP contribution in [0.4, 0.5) is 5.95 Å². The van der Waals surface area contributed by atoms with E-state index >= 15 is 0 Å². The zero-order valence-corrected chi connectivity index (χ0v) is 11.3. The quantitative estimate of drug-likeness (QED) is 0.852. The Morgan fingerprint density at radius 2 is 2.00 bits per heavy atom. The molecule has 0 bridgehead atoms. The van der Waals surface area contributed by atoms with E-state index < -0.39 is 0 Å². The van der Waals surface area contributed by atoms with Gasteiger partial charge in [0.05, 0.1) is 10.0 Å². The highest BCUT2D eigenvalue weighted by molar-refractivity contribution is 7.99. The summed E-state index contributed by atoms with van der Waals surface area (Å²) < 4.78 is 0. The molecule has 1 aromatic carbocycles. The molecular formula is C11H9Cl2N3S. The standard InChI is InChI=1S/C11H9Cl2N3S/c1-6-5-15-11(14)16-10(6)17-7-2-3-8(12)9(13)4-7/h2-5H,1H3,(H2,14,15,16). The molecule has 88 valence electrons. The molecule has 2 N–H and O–H groups in total. The highest BCUT2D eigenvalue weighted by Crippen LogP contribution is 2.32. The van der Waals surface area contributed by atoms with Crippen LogP contribution in [0, 0.1) is 6.92 Å². The van der Waals surface area contributed by atoms with Gasteiger partial charge in [0.2, 0.25) is 5.95 Å². The second-order valence-electron chi connectivity index (χ2n) is 3.39. The fourth-order valence-corrected chi connectivity index (χ4v) is 2.45. The lowest BCUT2D eigenvalue weighted by Crippen LogP contribution is -1.97. The molecule has 17 heavy (non-hydrogen) atoms. The first-order valence-corrected chi connectivity index (χ1v) is 6.35. The molecule has 6 heteroatoms. The van der Waals surface area contributed by atoms with Gasteiger partial charge in [0, 0.05) is 16.7 Å². The van der Waals surface area contributed by atoms with Crippen molar-refractivity contribution < 1.29 is 0 Å². The largest absolute Gasteiger partial charge is 0.368 e. The molecule has 2 rings (SSSR count). The molecule has 2 aromatic rings. The number of hydrogen-bond acceptors (Lipinski definition) is 4. The van der Waals surface area contributed by atoms with Gasteiger partial charge in [0.1, 0.15) is 5.03 Å². The van der Waals surface area contributed by atoms with E-state index in [0.29, 0.717) is 10.0 Å². The molecule has 0 unspecified atom stereocenters. The number of aryl methyl sites for hydroxylation is 1. The first-order valence-electron chi connectivity index (χ1n) is 4.78. The first-order chi connectivity index (χ1) is 8.06. The number of nitrogens with zero attached hydrogens (tertiary/aromatic N) is 2. The Morgan fingerprint density at radius 1 is 1.24 bits per heavy atom. The van der Waals surface area contributed by atoms with E-state index in [1.54, 1.807) is 18.3 Å². The zero-order valence-electron chi connectivity index (χ0n) is 8.95. The second kappa shape index (κ2) is 5.12. The van der Waals surface area contributed by atoms with E-state index in [0.717, 1.165) is 15.5 Å². The van der Waals surface area contributed by atoms with E-state index in [-0.39, 0.29) is 5.95 Å². The Morgan fingerprint density at radius 3 is 2.71 bits per heavy atom. The summed E-state index contributed by atoms with van der Waals surface area (Å²) in [4.78, 5) is 9.05. The maximum absolute atomic E-state index is 5.95. The topological polar surface area (TPSA) is 51.8 Å². The molecule has 3 nitrogen and oxygen atoms in total. The van der Waals surface area contributed by atoms with Gasteiger partial charge in [-0.3, -0.25) is 0 Å².